The molecule has 10 aromatic rings. The molecule has 0 amide bonds. The number of hydrogen-bond donors (Lipinski definition) is 1. The third-order valence-corrected chi connectivity index (χ3v) is 10.8. The first-order chi connectivity index (χ1) is 27.8. The summed E-state index contributed by atoms with van der Waals surface area (Å²) < 4.78 is 8.25. The molecule has 0 radical (unpaired) electrons. The Kier molecular flexibility index (Phi) is 9.42. The van der Waals surface area contributed by atoms with E-state index in [4.69, 9.17) is 14.4 Å². The Labute approximate surface area is 351 Å². The van der Waals surface area contributed by atoms with Gasteiger partial charge in [0.1, 0.15) is 22.7 Å². The molecule has 3 heterocycles. The van der Waals surface area contributed by atoms with Crippen LogP contribution in [0.1, 0.15) is 26.3 Å². The maximum Gasteiger partial charge on any atom is 0.148 e. The molecule has 3 aromatic heterocycles. The zero-order chi connectivity index (χ0) is 38.7. The van der Waals surface area contributed by atoms with Crippen molar-refractivity contribution in [3.05, 3.63) is 182 Å². The number of imidazole rings is 1. The zero-order valence-corrected chi connectivity index (χ0v) is 34.5. The van der Waals surface area contributed by atoms with Crippen molar-refractivity contribution in [3.63, 3.8) is 0 Å². The third-order valence-electron chi connectivity index (χ3n) is 10.8. The minimum absolute atomic E-state index is 0. The molecule has 5 nitrogen and oxygen atoms in total. The van der Waals surface area contributed by atoms with Crippen LogP contribution in [0.15, 0.2) is 174 Å². The number of aromatic nitrogens is 3. The fourth-order valence-electron chi connectivity index (χ4n) is 7.80. The van der Waals surface area contributed by atoms with Crippen LogP contribution in [-0.4, -0.2) is 19.6 Å². The van der Waals surface area contributed by atoms with Gasteiger partial charge in [-0.3, -0.25) is 9.55 Å². The van der Waals surface area contributed by atoms with E-state index >= 15 is 0 Å². The molecule has 0 atom stereocenters. The number of phenols is 1. The fourth-order valence-corrected chi connectivity index (χ4v) is 7.80. The number of phenolic OH excluding ortho intramolecular Hbond substituents is 1. The largest absolute Gasteiger partial charge is 0.507 e. The first kappa shape index (κ1) is 37.0. The summed E-state index contributed by atoms with van der Waals surface area (Å²) in [6.45, 7) is 6.69. The Hall–Kier alpha value is -6.55. The molecule has 58 heavy (non-hydrogen) atoms. The molecule has 0 bridgehead atoms. The first-order valence-electron chi connectivity index (χ1n) is 19.2. The Balaban J connectivity index is 0.00000436. The average Bonchev–Trinajstić information content (AvgIpc) is 3.81. The summed E-state index contributed by atoms with van der Waals surface area (Å²) in [6, 6.07) is 59.7. The van der Waals surface area contributed by atoms with Gasteiger partial charge in [-0.1, -0.05) is 141 Å². The SMILES string of the molecule is CC(C)(C)c1cc(-c2cc(-c3ccc(-c4ccccc4)cc3)ccn2)[c-]c(-c2cccc3c2nc(-c2cc4c(cc2O)oc2ccccc24)n3-c2ccccc2)c1.[Pt]. The van der Waals surface area contributed by atoms with Gasteiger partial charge in [0.25, 0.3) is 0 Å². The van der Waals surface area contributed by atoms with Crippen LogP contribution < -0.4 is 0 Å². The molecule has 284 valence electrons. The maximum absolute atomic E-state index is 11.6. The predicted octanol–water partition coefficient (Wildman–Crippen LogP) is 13.5. The van der Waals surface area contributed by atoms with Crippen molar-refractivity contribution in [1.82, 2.24) is 14.5 Å². The number of para-hydroxylation sites is 3. The van der Waals surface area contributed by atoms with Crippen LogP contribution in [0.4, 0.5) is 0 Å². The van der Waals surface area contributed by atoms with Crippen molar-refractivity contribution >= 4 is 33.0 Å². The Morgan fingerprint density at radius 3 is 2.02 bits per heavy atom. The molecule has 0 fully saturated rings. The predicted molar refractivity (Wildman–Crippen MR) is 233 cm³/mol. The van der Waals surface area contributed by atoms with Gasteiger partial charge in [-0.25, -0.2) is 4.98 Å². The van der Waals surface area contributed by atoms with Crippen LogP contribution in [0.25, 0.3) is 94.7 Å². The van der Waals surface area contributed by atoms with Crippen LogP contribution in [0.2, 0.25) is 0 Å². The molecule has 1 N–H and O–H groups in total. The van der Waals surface area contributed by atoms with E-state index in [0.717, 1.165) is 66.6 Å². The van der Waals surface area contributed by atoms with E-state index in [1.165, 1.54) is 16.7 Å². The van der Waals surface area contributed by atoms with Crippen LogP contribution in [0, 0.1) is 6.07 Å². The normalized spacial score (nSPS) is 11.6. The summed E-state index contributed by atoms with van der Waals surface area (Å²) >= 11 is 0. The Morgan fingerprint density at radius 2 is 1.26 bits per heavy atom. The van der Waals surface area contributed by atoms with Crippen molar-refractivity contribution < 1.29 is 30.6 Å². The molecular formula is C52H38N3O2Pt-. The average molecular weight is 932 g/mol. The van der Waals surface area contributed by atoms with Gasteiger partial charge in [-0.2, -0.15) is 0 Å². The van der Waals surface area contributed by atoms with Crippen molar-refractivity contribution in [1.29, 1.82) is 0 Å². The van der Waals surface area contributed by atoms with E-state index < -0.39 is 0 Å². The minimum Gasteiger partial charge on any atom is -0.507 e. The van der Waals surface area contributed by atoms with E-state index in [-0.39, 0.29) is 32.2 Å². The number of hydrogen-bond acceptors (Lipinski definition) is 4. The monoisotopic (exact) mass is 931 g/mol. The molecule has 6 heteroatoms. The quantitative estimate of drug-likeness (QED) is 0.169. The van der Waals surface area contributed by atoms with Gasteiger partial charge in [0.05, 0.1) is 16.6 Å². The van der Waals surface area contributed by atoms with E-state index in [9.17, 15) is 5.11 Å². The summed E-state index contributed by atoms with van der Waals surface area (Å²) in [4.78, 5) is 10.3. The van der Waals surface area contributed by atoms with Gasteiger partial charge >= 0.3 is 0 Å². The number of benzene rings is 7. The topological polar surface area (TPSA) is 64.1 Å². The van der Waals surface area contributed by atoms with E-state index in [2.05, 4.69) is 135 Å². The number of nitrogens with zero attached hydrogens (tertiary/aromatic N) is 3. The van der Waals surface area contributed by atoms with Crippen molar-refractivity contribution in [2.75, 3.05) is 0 Å². The summed E-state index contributed by atoms with van der Waals surface area (Å²) in [7, 11) is 0. The molecule has 10 rings (SSSR count). The maximum atomic E-state index is 11.6. The van der Waals surface area contributed by atoms with Crippen LogP contribution in [0.5, 0.6) is 5.75 Å². The minimum atomic E-state index is -0.152. The van der Waals surface area contributed by atoms with Gasteiger partial charge in [0.15, 0.2) is 0 Å². The Bertz CT molecular complexity index is 3110. The molecule has 7 aromatic carbocycles. The summed E-state index contributed by atoms with van der Waals surface area (Å²) in [6.07, 6.45) is 1.88. The molecule has 0 spiro atoms. The second kappa shape index (κ2) is 14.8. The molecule has 0 saturated heterocycles. The molecule has 0 saturated carbocycles. The number of furan rings is 1. The summed E-state index contributed by atoms with van der Waals surface area (Å²) in [5.74, 6) is 0.730. The molecule has 0 aliphatic rings. The molecule has 0 unspecified atom stereocenters. The third kappa shape index (κ3) is 6.62. The van der Waals surface area contributed by atoms with Crippen LogP contribution >= 0.6 is 0 Å². The van der Waals surface area contributed by atoms with Gasteiger partial charge in [-0.15, -0.1) is 29.3 Å². The second-order valence-corrected chi connectivity index (χ2v) is 15.6. The number of aromatic hydroxyl groups is 1. The first-order valence-corrected chi connectivity index (χ1v) is 19.2. The van der Waals surface area contributed by atoms with E-state index in [1.54, 1.807) is 6.07 Å². The standard InChI is InChI=1S/C52H38N3O2.Pt/c1-52(2,3)39-28-37(27-38(29-39)45-30-36(25-26-53-45)35-23-21-34(22-24-35)33-13-6-4-7-14-33)41-18-12-19-46-50(41)54-51(55(46)40-15-8-5-9-16-40)44-31-43-42-17-10-11-20-48(42)57-49(43)32-47(44)56;/h4-26,28-32,56H,1-3H3;/q-1;. The molecule has 0 aliphatic heterocycles. The molecule has 0 aliphatic carbocycles. The molecular weight excluding hydrogens is 894 g/mol. The number of fused-ring (bicyclic) bond motifs is 4. The van der Waals surface area contributed by atoms with Gasteiger partial charge < -0.3 is 9.52 Å². The second-order valence-electron chi connectivity index (χ2n) is 15.6. The summed E-state index contributed by atoms with van der Waals surface area (Å²) in [5.41, 5.74) is 13.9. The van der Waals surface area contributed by atoms with Crippen LogP contribution in [0.3, 0.4) is 0 Å². The number of pyridine rings is 1. The summed E-state index contributed by atoms with van der Waals surface area (Å²) in [5, 5.41) is 13.5. The van der Waals surface area contributed by atoms with Gasteiger partial charge in [0.2, 0.25) is 0 Å². The zero-order valence-electron chi connectivity index (χ0n) is 32.2. The van der Waals surface area contributed by atoms with Gasteiger partial charge in [-0.05, 0) is 64.1 Å². The van der Waals surface area contributed by atoms with Crippen molar-refractivity contribution in [3.8, 4) is 67.5 Å². The van der Waals surface area contributed by atoms with Crippen molar-refractivity contribution in [2.45, 2.75) is 26.2 Å². The van der Waals surface area contributed by atoms with Gasteiger partial charge in [0, 0.05) is 55.5 Å². The van der Waals surface area contributed by atoms with E-state index in [0.29, 0.717) is 17.0 Å². The Morgan fingerprint density at radius 1 is 0.586 bits per heavy atom. The fraction of sp³-hybridized carbons (Fsp3) is 0.0769. The van der Waals surface area contributed by atoms with Crippen molar-refractivity contribution in [2.24, 2.45) is 0 Å². The van der Waals surface area contributed by atoms with E-state index in [1.807, 2.05) is 60.8 Å². The van der Waals surface area contributed by atoms with Crippen LogP contribution in [-0.2, 0) is 26.5 Å². The smallest absolute Gasteiger partial charge is 0.148 e. The number of rotatable bonds is 6.